The first kappa shape index (κ1) is 25.1. The Morgan fingerprint density at radius 3 is 2.41 bits per heavy atom. The number of alkyl carbamates (subject to hydrolysis) is 1. The van der Waals surface area contributed by atoms with Gasteiger partial charge in [0.15, 0.2) is 17.5 Å². The summed E-state index contributed by atoms with van der Waals surface area (Å²) in [5.41, 5.74) is 0.338. The highest BCUT2D eigenvalue weighted by molar-refractivity contribution is 14.0. The standard InChI is InChI=1S/C18H30N4O4.HI/c1-6-19-16(20-9-10-21-17(24)26-18(2,3)4)22-12-13-7-8-15(25-5)14(23)11-13;/h7-8,11,23H,6,9-10,12H2,1-5H3,(H,21,24)(H2,19,20,22);1H. The summed E-state index contributed by atoms with van der Waals surface area (Å²) in [6.45, 7) is 9.43. The molecule has 0 saturated heterocycles. The largest absolute Gasteiger partial charge is 0.504 e. The molecule has 0 heterocycles. The Morgan fingerprint density at radius 2 is 1.85 bits per heavy atom. The van der Waals surface area contributed by atoms with Crippen molar-refractivity contribution in [1.82, 2.24) is 16.0 Å². The fourth-order valence-corrected chi connectivity index (χ4v) is 2.01. The van der Waals surface area contributed by atoms with E-state index in [1.165, 1.54) is 7.11 Å². The lowest BCUT2D eigenvalue weighted by Crippen LogP contribution is -2.42. The van der Waals surface area contributed by atoms with Crippen LogP contribution >= 0.6 is 24.0 Å². The third-order valence-electron chi connectivity index (χ3n) is 3.09. The van der Waals surface area contributed by atoms with E-state index in [2.05, 4.69) is 20.9 Å². The molecule has 4 N–H and O–H groups in total. The minimum absolute atomic E-state index is 0. The maximum Gasteiger partial charge on any atom is 0.407 e. The average Bonchev–Trinajstić information content (AvgIpc) is 2.55. The summed E-state index contributed by atoms with van der Waals surface area (Å²) in [7, 11) is 1.51. The Balaban J connectivity index is 0.00000676. The van der Waals surface area contributed by atoms with Gasteiger partial charge < -0.3 is 30.5 Å². The number of nitrogens with one attached hydrogen (secondary N) is 3. The molecule has 0 aliphatic carbocycles. The molecule has 0 fully saturated rings. The number of phenols is 1. The lowest BCUT2D eigenvalue weighted by molar-refractivity contribution is 0.0529. The first-order valence-electron chi connectivity index (χ1n) is 8.60. The molecule has 0 aliphatic heterocycles. The van der Waals surface area contributed by atoms with Gasteiger partial charge in [0.05, 0.1) is 13.7 Å². The SMILES string of the molecule is CCNC(=NCc1ccc(OC)c(O)c1)NCCNC(=O)OC(C)(C)C.I. The molecule has 0 unspecified atom stereocenters. The molecule has 27 heavy (non-hydrogen) atoms. The molecule has 0 spiro atoms. The van der Waals surface area contributed by atoms with Crippen molar-refractivity contribution >= 4 is 36.0 Å². The van der Waals surface area contributed by atoms with Crippen LogP contribution in [0.2, 0.25) is 0 Å². The van der Waals surface area contributed by atoms with Crippen LogP contribution < -0.4 is 20.7 Å². The molecular weight excluding hydrogens is 463 g/mol. The smallest absolute Gasteiger partial charge is 0.407 e. The van der Waals surface area contributed by atoms with Gasteiger partial charge in [-0.15, -0.1) is 24.0 Å². The van der Waals surface area contributed by atoms with Crippen LogP contribution in [0.5, 0.6) is 11.5 Å². The highest BCUT2D eigenvalue weighted by Gasteiger charge is 2.15. The summed E-state index contributed by atoms with van der Waals surface area (Å²) >= 11 is 0. The molecule has 0 saturated carbocycles. The maximum absolute atomic E-state index is 11.6. The number of guanidine groups is 1. The number of carbonyl (C=O) groups excluding carboxylic acids is 1. The van der Waals surface area contributed by atoms with Crippen molar-refractivity contribution in [3.05, 3.63) is 23.8 Å². The summed E-state index contributed by atoms with van der Waals surface area (Å²) in [4.78, 5) is 16.0. The lowest BCUT2D eigenvalue weighted by atomic mass is 10.2. The van der Waals surface area contributed by atoms with E-state index in [9.17, 15) is 9.90 Å². The third-order valence-corrected chi connectivity index (χ3v) is 3.09. The lowest BCUT2D eigenvalue weighted by Gasteiger charge is -2.19. The number of ether oxygens (including phenoxy) is 2. The molecule has 0 atom stereocenters. The van der Waals surface area contributed by atoms with Gasteiger partial charge >= 0.3 is 6.09 Å². The molecule has 154 valence electrons. The number of amides is 1. The van der Waals surface area contributed by atoms with E-state index in [0.717, 1.165) is 5.56 Å². The highest BCUT2D eigenvalue weighted by atomic mass is 127. The number of aliphatic imine (C=N–C) groups is 1. The zero-order chi connectivity index (χ0) is 19.6. The van der Waals surface area contributed by atoms with Gasteiger partial charge in [-0.3, -0.25) is 0 Å². The first-order chi connectivity index (χ1) is 12.2. The van der Waals surface area contributed by atoms with Crippen LogP contribution in [0.4, 0.5) is 4.79 Å². The third kappa shape index (κ3) is 10.7. The van der Waals surface area contributed by atoms with Crippen LogP contribution in [0, 0.1) is 0 Å². The molecule has 1 aromatic carbocycles. The molecule has 9 heteroatoms. The summed E-state index contributed by atoms with van der Waals surface area (Å²) in [5.74, 6) is 1.13. The van der Waals surface area contributed by atoms with E-state index < -0.39 is 11.7 Å². The number of nitrogens with zero attached hydrogens (tertiary/aromatic N) is 1. The van der Waals surface area contributed by atoms with Crippen LogP contribution in [0.25, 0.3) is 0 Å². The molecule has 0 bridgehead atoms. The fourth-order valence-electron chi connectivity index (χ4n) is 2.01. The molecule has 0 aromatic heterocycles. The monoisotopic (exact) mass is 494 g/mol. The number of methoxy groups -OCH3 is 1. The first-order valence-corrected chi connectivity index (χ1v) is 8.60. The van der Waals surface area contributed by atoms with Crippen molar-refractivity contribution in [3.8, 4) is 11.5 Å². The number of rotatable bonds is 7. The highest BCUT2D eigenvalue weighted by Crippen LogP contribution is 2.26. The fraction of sp³-hybridized carbons (Fsp3) is 0.556. The van der Waals surface area contributed by atoms with Gasteiger partial charge in [0.25, 0.3) is 0 Å². The maximum atomic E-state index is 11.6. The second kappa shape index (κ2) is 12.5. The summed E-state index contributed by atoms with van der Waals surface area (Å²) < 4.78 is 10.2. The van der Waals surface area contributed by atoms with Gasteiger partial charge in [0.2, 0.25) is 0 Å². The van der Waals surface area contributed by atoms with Crippen LogP contribution in [-0.2, 0) is 11.3 Å². The van der Waals surface area contributed by atoms with Crippen LogP contribution in [0.1, 0.15) is 33.3 Å². The van der Waals surface area contributed by atoms with Crippen molar-refractivity contribution in [2.75, 3.05) is 26.7 Å². The number of hydrogen-bond acceptors (Lipinski definition) is 5. The summed E-state index contributed by atoms with van der Waals surface area (Å²) in [5, 5.41) is 18.7. The average molecular weight is 494 g/mol. The van der Waals surface area contributed by atoms with E-state index in [0.29, 0.717) is 37.9 Å². The van der Waals surface area contributed by atoms with E-state index in [1.54, 1.807) is 12.1 Å². The number of carbonyl (C=O) groups is 1. The quantitative estimate of drug-likeness (QED) is 0.201. The Hall–Kier alpha value is -1.91. The Bertz CT molecular complexity index is 618. The Labute approximate surface area is 178 Å². The molecule has 1 amide bonds. The van der Waals surface area contributed by atoms with Gasteiger partial charge in [0.1, 0.15) is 5.60 Å². The number of hydrogen-bond donors (Lipinski definition) is 4. The molecule has 1 aromatic rings. The van der Waals surface area contributed by atoms with Gasteiger partial charge in [-0.2, -0.15) is 0 Å². The van der Waals surface area contributed by atoms with E-state index in [1.807, 2.05) is 33.8 Å². The van der Waals surface area contributed by atoms with Gasteiger partial charge in [0, 0.05) is 19.6 Å². The van der Waals surface area contributed by atoms with Crippen LogP contribution in [-0.4, -0.2) is 49.5 Å². The van der Waals surface area contributed by atoms with E-state index >= 15 is 0 Å². The zero-order valence-corrected chi connectivity index (χ0v) is 18.9. The second-order valence-corrected chi connectivity index (χ2v) is 6.56. The number of phenolic OH excluding ortho intramolecular Hbond substituents is 1. The summed E-state index contributed by atoms with van der Waals surface area (Å²) in [6.07, 6.45) is -0.449. The van der Waals surface area contributed by atoms with Crippen molar-refractivity contribution in [1.29, 1.82) is 0 Å². The molecule has 0 radical (unpaired) electrons. The zero-order valence-electron chi connectivity index (χ0n) is 16.6. The molecule has 1 rings (SSSR count). The van der Waals surface area contributed by atoms with E-state index in [4.69, 9.17) is 9.47 Å². The number of halogens is 1. The summed E-state index contributed by atoms with van der Waals surface area (Å²) in [6, 6.07) is 5.16. The van der Waals surface area contributed by atoms with Crippen molar-refractivity contribution in [3.63, 3.8) is 0 Å². The molecular formula is C18H31IN4O4. The predicted molar refractivity (Wildman–Crippen MR) is 117 cm³/mol. The molecule has 0 aliphatic rings. The normalized spacial score (nSPS) is 11.2. The van der Waals surface area contributed by atoms with Crippen LogP contribution in [0.3, 0.4) is 0 Å². The minimum Gasteiger partial charge on any atom is -0.504 e. The van der Waals surface area contributed by atoms with Crippen molar-refractivity contribution < 1.29 is 19.4 Å². The number of aromatic hydroxyl groups is 1. The van der Waals surface area contributed by atoms with Crippen molar-refractivity contribution in [2.45, 2.75) is 39.8 Å². The minimum atomic E-state index is -0.516. The van der Waals surface area contributed by atoms with Crippen LogP contribution in [0.15, 0.2) is 23.2 Å². The van der Waals surface area contributed by atoms with Gasteiger partial charge in [-0.05, 0) is 45.4 Å². The molecule has 8 nitrogen and oxygen atoms in total. The van der Waals surface area contributed by atoms with Gasteiger partial charge in [-0.1, -0.05) is 6.07 Å². The Kier molecular flexibility index (Phi) is 11.6. The topological polar surface area (TPSA) is 104 Å². The van der Waals surface area contributed by atoms with Crippen molar-refractivity contribution in [2.24, 2.45) is 4.99 Å². The van der Waals surface area contributed by atoms with Gasteiger partial charge in [-0.25, -0.2) is 9.79 Å². The van der Waals surface area contributed by atoms with E-state index in [-0.39, 0.29) is 29.7 Å². The predicted octanol–water partition coefficient (Wildman–Crippen LogP) is 2.60. The number of benzene rings is 1. The second-order valence-electron chi connectivity index (χ2n) is 6.56. The Morgan fingerprint density at radius 1 is 1.19 bits per heavy atom.